The molecule has 0 atom stereocenters. The number of imidazole rings is 1. The van der Waals surface area contributed by atoms with Gasteiger partial charge in [-0.05, 0) is 35.4 Å². The van der Waals surface area contributed by atoms with Crippen LogP contribution in [-0.4, -0.2) is 34.0 Å². The second-order valence-electron chi connectivity index (χ2n) is 9.28. The average Bonchev–Trinajstić information content (AvgIpc) is 3.38. The summed E-state index contributed by atoms with van der Waals surface area (Å²) in [5.74, 6) is 1.58. The Bertz CT molecular complexity index is 1100. The molecule has 2 heterocycles. The lowest BCUT2D eigenvalue weighted by Gasteiger charge is -2.37. The van der Waals surface area contributed by atoms with Gasteiger partial charge in [0.15, 0.2) is 0 Å². The molecule has 5 nitrogen and oxygen atoms in total. The highest BCUT2D eigenvalue weighted by Gasteiger charge is 2.36. The molecule has 4 aromatic rings. The molecule has 0 unspecified atom stereocenters. The smallest absolute Gasteiger partial charge is 0.209 e. The molecule has 5 heteroatoms. The van der Waals surface area contributed by atoms with Gasteiger partial charge >= 0.3 is 0 Å². The van der Waals surface area contributed by atoms with Crippen molar-refractivity contribution in [1.82, 2.24) is 19.8 Å². The van der Waals surface area contributed by atoms with E-state index < -0.39 is 5.54 Å². The van der Waals surface area contributed by atoms with Crippen molar-refractivity contribution in [3.8, 4) is 0 Å². The summed E-state index contributed by atoms with van der Waals surface area (Å²) in [6.07, 6.45) is 7.02. The van der Waals surface area contributed by atoms with Crippen molar-refractivity contribution in [3.05, 3.63) is 126 Å². The first-order chi connectivity index (χ1) is 17.3. The summed E-state index contributed by atoms with van der Waals surface area (Å²) in [4.78, 5) is 17.7. The number of amides is 1. The Morgan fingerprint density at radius 3 is 1.83 bits per heavy atom. The van der Waals surface area contributed by atoms with Crippen molar-refractivity contribution in [2.45, 2.75) is 31.5 Å². The zero-order valence-corrected chi connectivity index (χ0v) is 20.0. The first-order valence-corrected chi connectivity index (χ1v) is 12.4. The number of rotatable bonds is 9. The first-order valence-electron chi connectivity index (χ1n) is 12.4. The third-order valence-electron chi connectivity index (χ3n) is 7.19. The lowest BCUT2D eigenvalue weighted by atomic mass is 9.77. The van der Waals surface area contributed by atoms with E-state index in [1.807, 2.05) is 11.1 Å². The van der Waals surface area contributed by atoms with Crippen LogP contribution in [0.1, 0.15) is 35.4 Å². The summed E-state index contributed by atoms with van der Waals surface area (Å²) in [5, 5.41) is 3.94. The van der Waals surface area contributed by atoms with E-state index in [0.717, 1.165) is 44.7 Å². The number of nitrogens with one attached hydrogen (secondary N) is 1. The monoisotopic (exact) mass is 464 g/mol. The number of likely N-dealkylation sites (tertiary alicyclic amines) is 1. The first kappa shape index (κ1) is 23.1. The molecule has 1 saturated heterocycles. The van der Waals surface area contributed by atoms with Gasteiger partial charge in [-0.25, -0.2) is 4.98 Å². The Kier molecular flexibility index (Phi) is 7.05. The highest BCUT2D eigenvalue weighted by molar-refractivity contribution is 5.49. The van der Waals surface area contributed by atoms with E-state index in [2.05, 4.69) is 107 Å². The topological polar surface area (TPSA) is 50.2 Å². The minimum Gasteiger partial charge on any atom is -0.345 e. The van der Waals surface area contributed by atoms with Crippen molar-refractivity contribution in [2.75, 3.05) is 13.1 Å². The average molecular weight is 465 g/mol. The largest absolute Gasteiger partial charge is 0.345 e. The maximum Gasteiger partial charge on any atom is 0.209 e. The van der Waals surface area contributed by atoms with Crippen LogP contribution in [0.5, 0.6) is 0 Å². The molecule has 0 saturated carbocycles. The van der Waals surface area contributed by atoms with Gasteiger partial charge in [0.05, 0.1) is 12.1 Å². The molecule has 0 bridgehead atoms. The van der Waals surface area contributed by atoms with Gasteiger partial charge in [0.1, 0.15) is 5.82 Å². The molecule has 178 valence electrons. The Labute approximate surface area is 207 Å². The second kappa shape index (κ2) is 10.7. The van der Waals surface area contributed by atoms with Crippen molar-refractivity contribution >= 4 is 6.41 Å². The van der Waals surface area contributed by atoms with E-state index >= 15 is 0 Å². The van der Waals surface area contributed by atoms with E-state index in [1.165, 1.54) is 16.7 Å². The summed E-state index contributed by atoms with van der Waals surface area (Å²) >= 11 is 0. The van der Waals surface area contributed by atoms with Crippen LogP contribution >= 0.6 is 0 Å². The molecule has 1 N–H and O–H groups in total. The van der Waals surface area contributed by atoms with E-state index in [-0.39, 0.29) is 0 Å². The minimum atomic E-state index is -0.518. The maximum absolute atomic E-state index is 11.1. The SMILES string of the molecule is O=CN1CCC(Cn2ccnc2CNC(c2ccccc2)(c2ccccc2)c2ccccc2)CC1. The van der Waals surface area contributed by atoms with Crippen molar-refractivity contribution in [2.24, 2.45) is 5.92 Å². The van der Waals surface area contributed by atoms with Gasteiger partial charge in [-0.1, -0.05) is 91.0 Å². The number of carbonyl (C=O) groups is 1. The predicted molar refractivity (Wildman–Crippen MR) is 139 cm³/mol. The second-order valence-corrected chi connectivity index (χ2v) is 9.28. The summed E-state index contributed by atoms with van der Waals surface area (Å²) < 4.78 is 2.28. The normalized spacial score (nSPS) is 14.7. The number of piperidine rings is 1. The van der Waals surface area contributed by atoms with Crippen LogP contribution in [0.3, 0.4) is 0 Å². The molecule has 5 rings (SSSR count). The maximum atomic E-state index is 11.1. The van der Waals surface area contributed by atoms with Gasteiger partial charge in [0, 0.05) is 32.0 Å². The van der Waals surface area contributed by atoms with Crippen molar-refractivity contribution in [1.29, 1.82) is 0 Å². The number of aromatic nitrogens is 2. The van der Waals surface area contributed by atoms with Gasteiger partial charge in [-0.3, -0.25) is 10.1 Å². The molecule has 1 aromatic heterocycles. The fourth-order valence-corrected chi connectivity index (χ4v) is 5.27. The number of nitrogens with zero attached hydrogens (tertiary/aromatic N) is 3. The van der Waals surface area contributed by atoms with Crippen LogP contribution in [0.2, 0.25) is 0 Å². The number of hydrogen-bond donors (Lipinski definition) is 1. The quantitative estimate of drug-likeness (QED) is 0.285. The Morgan fingerprint density at radius 2 is 1.34 bits per heavy atom. The number of hydrogen-bond acceptors (Lipinski definition) is 3. The standard InChI is InChI=1S/C30H32N4O/c35-24-33-19-16-25(17-20-33)23-34-21-18-31-29(34)22-32-30(26-10-4-1-5-11-26,27-12-6-2-7-13-27)28-14-8-3-9-15-28/h1-15,18,21,24-25,32H,16-17,19-20,22-23H2. The molecular weight excluding hydrogens is 432 g/mol. The molecule has 1 aliphatic heterocycles. The predicted octanol–water partition coefficient (Wildman–Crippen LogP) is 4.83. The lowest BCUT2D eigenvalue weighted by Crippen LogP contribution is -2.44. The molecular formula is C30H32N4O. The molecule has 0 radical (unpaired) electrons. The van der Waals surface area contributed by atoms with E-state index in [4.69, 9.17) is 4.98 Å². The van der Waals surface area contributed by atoms with E-state index in [9.17, 15) is 4.79 Å². The van der Waals surface area contributed by atoms with Crippen molar-refractivity contribution in [3.63, 3.8) is 0 Å². The Morgan fingerprint density at radius 1 is 0.829 bits per heavy atom. The zero-order chi connectivity index (χ0) is 23.9. The van der Waals surface area contributed by atoms with Gasteiger partial charge in [0.2, 0.25) is 6.41 Å². The highest BCUT2D eigenvalue weighted by Crippen LogP contribution is 2.37. The van der Waals surface area contributed by atoms with Crippen molar-refractivity contribution < 1.29 is 4.79 Å². The molecule has 1 amide bonds. The molecule has 1 aliphatic rings. The summed E-state index contributed by atoms with van der Waals surface area (Å²) in [6, 6.07) is 32.0. The van der Waals surface area contributed by atoms with E-state index in [1.54, 1.807) is 0 Å². The minimum absolute atomic E-state index is 0.518. The molecule has 0 aliphatic carbocycles. The summed E-state index contributed by atoms with van der Waals surface area (Å²) in [6.45, 7) is 3.24. The summed E-state index contributed by atoms with van der Waals surface area (Å²) in [5.41, 5.74) is 3.06. The highest BCUT2D eigenvalue weighted by atomic mass is 16.1. The summed E-state index contributed by atoms with van der Waals surface area (Å²) in [7, 11) is 0. The number of carbonyl (C=O) groups excluding carboxylic acids is 1. The van der Waals surface area contributed by atoms with Crippen LogP contribution in [0, 0.1) is 5.92 Å². The van der Waals surface area contributed by atoms with Crippen LogP contribution < -0.4 is 5.32 Å². The van der Waals surface area contributed by atoms with E-state index in [0.29, 0.717) is 12.5 Å². The fourth-order valence-electron chi connectivity index (χ4n) is 5.27. The zero-order valence-electron chi connectivity index (χ0n) is 20.0. The van der Waals surface area contributed by atoms with Crippen LogP contribution in [0.25, 0.3) is 0 Å². The molecule has 35 heavy (non-hydrogen) atoms. The molecule has 3 aromatic carbocycles. The van der Waals surface area contributed by atoms with Gasteiger partial charge in [-0.2, -0.15) is 0 Å². The molecule has 0 spiro atoms. The molecule has 1 fully saturated rings. The van der Waals surface area contributed by atoms with Gasteiger partial charge < -0.3 is 9.47 Å². The van der Waals surface area contributed by atoms with Crippen LogP contribution in [0.4, 0.5) is 0 Å². The van der Waals surface area contributed by atoms with Crippen LogP contribution in [-0.2, 0) is 23.4 Å². The lowest BCUT2D eigenvalue weighted by molar-refractivity contribution is -0.119. The van der Waals surface area contributed by atoms with Crippen LogP contribution in [0.15, 0.2) is 103 Å². The number of benzene rings is 3. The third-order valence-corrected chi connectivity index (χ3v) is 7.19. The Balaban J connectivity index is 1.46. The Hall–Kier alpha value is -3.70. The van der Waals surface area contributed by atoms with Gasteiger partial charge in [0.25, 0.3) is 0 Å². The van der Waals surface area contributed by atoms with Gasteiger partial charge in [-0.15, -0.1) is 0 Å². The third kappa shape index (κ3) is 4.91. The fraction of sp³-hybridized carbons (Fsp3) is 0.267.